The molecule has 2 N–H and O–H groups in total. The molecule has 0 saturated carbocycles. The first-order chi connectivity index (χ1) is 6.07. The van der Waals surface area contributed by atoms with E-state index in [2.05, 4.69) is 19.9 Å². The molecule has 13 heavy (non-hydrogen) atoms. The molecule has 2 rings (SSSR count). The average Bonchev–Trinajstić information content (AvgIpc) is 2.47. The second-order valence-electron chi connectivity index (χ2n) is 3.39. The van der Waals surface area contributed by atoms with Crippen molar-refractivity contribution in [3.05, 3.63) is 18.3 Å². The molecule has 68 valence electrons. The van der Waals surface area contributed by atoms with E-state index in [0.717, 1.165) is 5.52 Å². The van der Waals surface area contributed by atoms with Gasteiger partial charge in [0.25, 0.3) is 0 Å². The van der Waals surface area contributed by atoms with E-state index in [1.54, 1.807) is 26.4 Å². The third-order valence-corrected chi connectivity index (χ3v) is 1.72. The molecule has 0 aliphatic carbocycles. The van der Waals surface area contributed by atoms with Gasteiger partial charge in [-0.25, -0.2) is 15.0 Å². The van der Waals surface area contributed by atoms with E-state index in [1.807, 2.05) is 0 Å². The quantitative estimate of drug-likeness (QED) is 0.669. The molecule has 0 unspecified atom stereocenters. The summed E-state index contributed by atoms with van der Waals surface area (Å²) < 4.78 is 0. The molecule has 0 atom stereocenters. The van der Waals surface area contributed by atoms with E-state index in [1.165, 1.54) is 0 Å². The van der Waals surface area contributed by atoms with Crippen molar-refractivity contribution in [3.8, 4) is 0 Å². The van der Waals surface area contributed by atoms with Crippen LogP contribution in [-0.2, 0) is 5.60 Å². The minimum Gasteiger partial charge on any atom is -0.382 e. The van der Waals surface area contributed by atoms with E-state index in [9.17, 15) is 5.11 Å². The zero-order valence-corrected chi connectivity index (χ0v) is 7.44. The molecule has 0 saturated heterocycles. The summed E-state index contributed by atoms with van der Waals surface area (Å²) in [6.07, 6.45) is 3.16. The molecule has 0 spiro atoms. The van der Waals surface area contributed by atoms with Crippen LogP contribution in [0.5, 0.6) is 0 Å². The Bertz CT molecular complexity index is 429. The summed E-state index contributed by atoms with van der Waals surface area (Å²) in [4.78, 5) is 15.0. The first kappa shape index (κ1) is 8.12. The van der Waals surface area contributed by atoms with Crippen molar-refractivity contribution in [3.63, 3.8) is 0 Å². The van der Waals surface area contributed by atoms with Crippen LogP contribution in [0.3, 0.4) is 0 Å². The highest BCUT2D eigenvalue weighted by atomic mass is 16.3. The number of aromatic amines is 1. The lowest BCUT2D eigenvalue weighted by molar-refractivity contribution is 0.0690. The second-order valence-corrected chi connectivity index (χ2v) is 3.39. The fourth-order valence-electron chi connectivity index (χ4n) is 1.03. The lowest BCUT2D eigenvalue weighted by Crippen LogP contribution is -2.19. The van der Waals surface area contributed by atoms with Crippen LogP contribution >= 0.6 is 0 Å². The number of aliphatic hydroxyl groups is 1. The number of nitrogens with one attached hydrogen (secondary N) is 1. The third-order valence-electron chi connectivity index (χ3n) is 1.72. The highest BCUT2D eigenvalue weighted by Gasteiger charge is 2.19. The molecule has 0 fully saturated rings. The van der Waals surface area contributed by atoms with Crippen LogP contribution in [-0.4, -0.2) is 25.0 Å². The molecule has 5 nitrogen and oxygen atoms in total. The van der Waals surface area contributed by atoms with Gasteiger partial charge < -0.3 is 10.1 Å². The molecule has 0 amide bonds. The normalized spacial score (nSPS) is 12.2. The van der Waals surface area contributed by atoms with Crippen molar-refractivity contribution in [2.24, 2.45) is 0 Å². The Morgan fingerprint density at radius 3 is 2.85 bits per heavy atom. The highest BCUT2D eigenvalue weighted by Crippen LogP contribution is 2.16. The summed E-state index contributed by atoms with van der Waals surface area (Å²) in [6, 6.07) is 0. The number of hydrogen-bond acceptors (Lipinski definition) is 4. The average molecular weight is 178 g/mol. The first-order valence-corrected chi connectivity index (χ1v) is 3.96. The minimum absolute atomic E-state index is 0.382. The van der Waals surface area contributed by atoms with Crippen molar-refractivity contribution in [1.29, 1.82) is 0 Å². The zero-order valence-electron chi connectivity index (χ0n) is 7.44. The largest absolute Gasteiger partial charge is 0.382 e. The maximum atomic E-state index is 9.62. The van der Waals surface area contributed by atoms with Gasteiger partial charge in [-0.2, -0.15) is 0 Å². The lowest BCUT2D eigenvalue weighted by Gasteiger charge is -2.13. The van der Waals surface area contributed by atoms with Crippen LogP contribution in [0.1, 0.15) is 19.7 Å². The van der Waals surface area contributed by atoms with Gasteiger partial charge in [0.15, 0.2) is 11.5 Å². The van der Waals surface area contributed by atoms with Gasteiger partial charge in [0.05, 0.1) is 12.5 Å². The van der Waals surface area contributed by atoms with E-state index < -0.39 is 5.60 Å². The summed E-state index contributed by atoms with van der Waals surface area (Å²) in [6.45, 7) is 3.28. The smallest absolute Gasteiger partial charge is 0.180 e. The van der Waals surface area contributed by atoms with Crippen LogP contribution in [0.2, 0.25) is 0 Å². The SMILES string of the molecule is CC(C)(O)c1ncc2[nH]cnc2n1. The lowest BCUT2D eigenvalue weighted by atomic mass is 10.1. The number of aromatic nitrogens is 4. The molecule has 0 radical (unpaired) electrons. The predicted molar refractivity (Wildman–Crippen MR) is 46.9 cm³/mol. The summed E-state index contributed by atoms with van der Waals surface area (Å²) in [5.74, 6) is 0.382. The molecular weight excluding hydrogens is 168 g/mol. The topological polar surface area (TPSA) is 74.7 Å². The Kier molecular flexibility index (Phi) is 1.56. The summed E-state index contributed by atoms with van der Waals surface area (Å²) in [5, 5.41) is 9.62. The molecule has 0 aromatic carbocycles. The highest BCUT2D eigenvalue weighted by molar-refractivity contribution is 5.68. The fourth-order valence-corrected chi connectivity index (χ4v) is 1.03. The molecular formula is C8H10N4O. The predicted octanol–water partition coefficient (Wildman–Crippen LogP) is 0.580. The third kappa shape index (κ3) is 1.38. The van der Waals surface area contributed by atoms with Gasteiger partial charge >= 0.3 is 0 Å². The molecule has 0 aliphatic heterocycles. The number of H-pyrrole nitrogens is 1. The van der Waals surface area contributed by atoms with E-state index >= 15 is 0 Å². The number of rotatable bonds is 1. The van der Waals surface area contributed by atoms with E-state index in [0.29, 0.717) is 11.5 Å². The monoisotopic (exact) mass is 178 g/mol. The number of imidazole rings is 1. The van der Waals surface area contributed by atoms with E-state index in [4.69, 9.17) is 0 Å². The van der Waals surface area contributed by atoms with Crippen LogP contribution in [0.25, 0.3) is 11.2 Å². The van der Waals surface area contributed by atoms with Crippen molar-refractivity contribution in [2.75, 3.05) is 0 Å². The Balaban J connectivity index is 2.61. The zero-order chi connectivity index (χ0) is 9.47. The van der Waals surface area contributed by atoms with Crippen molar-refractivity contribution in [2.45, 2.75) is 19.4 Å². The second kappa shape index (κ2) is 2.50. The summed E-state index contributed by atoms with van der Waals surface area (Å²) >= 11 is 0. The van der Waals surface area contributed by atoms with Gasteiger partial charge in [-0.1, -0.05) is 0 Å². The van der Waals surface area contributed by atoms with Gasteiger partial charge in [-0.05, 0) is 13.8 Å². The van der Waals surface area contributed by atoms with Gasteiger partial charge in [-0.15, -0.1) is 0 Å². The van der Waals surface area contributed by atoms with Crippen LogP contribution < -0.4 is 0 Å². The maximum Gasteiger partial charge on any atom is 0.180 e. The van der Waals surface area contributed by atoms with Gasteiger partial charge in [0.2, 0.25) is 0 Å². The van der Waals surface area contributed by atoms with Crippen molar-refractivity contribution in [1.82, 2.24) is 19.9 Å². The van der Waals surface area contributed by atoms with Crippen LogP contribution in [0, 0.1) is 0 Å². The Morgan fingerprint density at radius 2 is 2.15 bits per heavy atom. The number of nitrogens with zero attached hydrogens (tertiary/aromatic N) is 3. The van der Waals surface area contributed by atoms with Gasteiger partial charge in [0, 0.05) is 0 Å². The standard InChI is InChI=1S/C8H10N4O/c1-8(2,13)7-9-3-5-6(12-7)11-4-10-5/h3-4,13H,1-2H3,(H,9,10,11,12). The Hall–Kier alpha value is -1.49. The summed E-state index contributed by atoms with van der Waals surface area (Å²) in [7, 11) is 0. The van der Waals surface area contributed by atoms with Crippen molar-refractivity contribution >= 4 is 11.2 Å². The Morgan fingerprint density at radius 1 is 1.38 bits per heavy atom. The van der Waals surface area contributed by atoms with Crippen molar-refractivity contribution < 1.29 is 5.11 Å². The fraction of sp³-hybridized carbons (Fsp3) is 0.375. The van der Waals surface area contributed by atoms with Gasteiger partial charge in [0.1, 0.15) is 11.1 Å². The minimum atomic E-state index is -1.02. The Labute approximate surface area is 74.9 Å². The molecule has 2 aromatic rings. The first-order valence-electron chi connectivity index (χ1n) is 3.96. The van der Waals surface area contributed by atoms with Crippen LogP contribution in [0.15, 0.2) is 12.5 Å². The number of fused-ring (bicyclic) bond motifs is 1. The molecule has 5 heteroatoms. The summed E-state index contributed by atoms with van der Waals surface area (Å²) in [5.41, 5.74) is 0.327. The van der Waals surface area contributed by atoms with Gasteiger partial charge in [-0.3, -0.25) is 0 Å². The molecule has 0 aliphatic rings. The maximum absolute atomic E-state index is 9.62. The number of hydrogen-bond donors (Lipinski definition) is 2. The molecule has 0 bridgehead atoms. The van der Waals surface area contributed by atoms with E-state index in [-0.39, 0.29) is 0 Å². The van der Waals surface area contributed by atoms with Crippen LogP contribution in [0.4, 0.5) is 0 Å². The molecule has 2 heterocycles. The molecule has 2 aromatic heterocycles.